The minimum Gasteiger partial charge on any atom is -0.357 e. The summed E-state index contributed by atoms with van der Waals surface area (Å²) in [6.45, 7) is 8.19. The Bertz CT molecular complexity index is 479. The number of aliphatic imine (C=N–C) groups is 1. The Morgan fingerprint density at radius 2 is 2.08 bits per heavy atom. The molecule has 6 nitrogen and oxygen atoms in total. The second-order valence-electron chi connectivity index (χ2n) is 5.80. The summed E-state index contributed by atoms with van der Waals surface area (Å²) in [7, 11) is 0. The predicted molar refractivity (Wildman–Crippen MR) is 111 cm³/mol. The fraction of sp³-hybridized carbons (Fsp3) is 0.588. The van der Waals surface area contributed by atoms with Gasteiger partial charge in [0, 0.05) is 19.3 Å². The molecule has 0 bridgehead atoms. The van der Waals surface area contributed by atoms with Crippen molar-refractivity contribution >= 4 is 41.5 Å². The van der Waals surface area contributed by atoms with Crippen LogP contribution in [0.1, 0.15) is 40.0 Å². The van der Waals surface area contributed by atoms with Crippen LogP contribution < -0.4 is 16.0 Å². The molecule has 0 saturated carbocycles. The Hall–Kier alpha value is -1.38. The van der Waals surface area contributed by atoms with E-state index in [2.05, 4.69) is 39.8 Å². The van der Waals surface area contributed by atoms with Crippen LogP contribution in [0.2, 0.25) is 0 Å². The van der Waals surface area contributed by atoms with Crippen molar-refractivity contribution < 1.29 is 4.79 Å². The number of amides is 1. The molecule has 0 radical (unpaired) electrons. The van der Waals surface area contributed by atoms with Gasteiger partial charge in [-0.05, 0) is 31.4 Å². The maximum absolute atomic E-state index is 11.9. The molecule has 24 heavy (non-hydrogen) atoms. The number of nitrogens with zero attached hydrogens (tertiary/aromatic N) is 2. The van der Waals surface area contributed by atoms with Crippen LogP contribution in [0.5, 0.6) is 0 Å². The first kappa shape index (κ1) is 22.6. The quantitative estimate of drug-likeness (QED) is 0.235. The second-order valence-corrected chi connectivity index (χ2v) is 5.80. The molecule has 0 aliphatic heterocycles. The third-order valence-electron chi connectivity index (χ3n) is 3.17. The largest absolute Gasteiger partial charge is 0.357 e. The Morgan fingerprint density at radius 1 is 1.29 bits per heavy atom. The topological polar surface area (TPSA) is 78.4 Å². The lowest BCUT2D eigenvalue weighted by atomic mass is 10.1. The van der Waals surface area contributed by atoms with E-state index in [-0.39, 0.29) is 36.4 Å². The van der Waals surface area contributed by atoms with Crippen LogP contribution in [-0.2, 0) is 4.79 Å². The van der Waals surface area contributed by atoms with Crippen LogP contribution in [0, 0.1) is 5.92 Å². The average Bonchev–Trinajstić information content (AvgIpc) is 2.53. The third kappa shape index (κ3) is 11.2. The highest BCUT2D eigenvalue weighted by Crippen LogP contribution is 2.05. The average molecular weight is 447 g/mol. The van der Waals surface area contributed by atoms with Gasteiger partial charge in [0.15, 0.2) is 5.96 Å². The van der Waals surface area contributed by atoms with Crippen molar-refractivity contribution in [1.82, 2.24) is 15.6 Å². The number of rotatable bonds is 9. The maximum Gasteiger partial charge on any atom is 0.246 e. The van der Waals surface area contributed by atoms with Crippen LogP contribution in [-0.4, -0.2) is 36.5 Å². The van der Waals surface area contributed by atoms with Crippen LogP contribution in [0.25, 0.3) is 0 Å². The molecule has 1 heterocycles. The van der Waals surface area contributed by atoms with Gasteiger partial charge >= 0.3 is 0 Å². The zero-order chi connectivity index (χ0) is 16.9. The molecule has 1 amide bonds. The summed E-state index contributed by atoms with van der Waals surface area (Å²) in [4.78, 5) is 20.1. The molecule has 0 saturated heterocycles. The van der Waals surface area contributed by atoms with E-state index in [9.17, 15) is 4.79 Å². The van der Waals surface area contributed by atoms with E-state index in [0.29, 0.717) is 11.6 Å². The minimum atomic E-state index is -0.157. The molecule has 0 spiro atoms. The summed E-state index contributed by atoms with van der Waals surface area (Å²) in [5.74, 6) is 1.27. The van der Waals surface area contributed by atoms with Crippen LogP contribution in [0.4, 0.5) is 5.69 Å². The Morgan fingerprint density at radius 3 is 2.71 bits per heavy atom. The van der Waals surface area contributed by atoms with Gasteiger partial charge in [0.05, 0.1) is 11.9 Å². The highest BCUT2D eigenvalue weighted by molar-refractivity contribution is 14.0. The second kappa shape index (κ2) is 14.0. The molecule has 0 aliphatic rings. The number of anilines is 1. The standard InChI is InChI=1S/C17H29N5O.HI/c1-4-19-17(20-11-6-5-8-14(2)3)21-13-16(23)22-15-9-7-10-18-12-15;/h7,9-10,12,14H,4-6,8,11,13H2,1-3H3,(H,22,23)(H2,19,20,21);1H. The van der Waals surface area contributed by atoms with Crippen molar-refractivity contribution in [2.75, 3.05) is 25.0 Å². The molecule has 7 heteroatoms. The lowest BCUT2D eigenvalue weighted by molar-refractivity contribution is -0.114. The number of halogens is 1. The van der Waals surface area contributed by atoms with Gasteiger partial charge in [-0.15, -0.1) is 24.0 Å². The number of unbranched alkanes of at least 4 members (excludes halogenated alkanes) is 1. The monoisotopic (exact) mass is 447 g/mol. The summed E-state index contributed by atoms with van der Waals surface area (Å²) in [6.07, 6.45) is 6.82. The first-order valence-electron chi connectivity index (χ1n) is 8.34. The van der Waals surface area contributed by atoms with E-state index in [4.69, 9.17) is 0 Å². The number of pyridine rings is 1. The van der Waals surface area contributed by atoms with Crippen molar-refractivity contribution in [2.45, 2.75) is 40.0 Å². The van der Waals surface area contributed by atoms with Gasteiger partial charge in [-0.25, -0.2) is 4.99 Å². The first-order valence-corrected chi connectivity index (χ1v) is 8.34. The highest BCUT2D eigenvalue weighted by atomic mass is 127. The zero-order valence-electron chi connectivity index (χ0n) is 14.8. The molecule has 0 fully saturated rings. The molecular formula is C17H30IN5O. The van der Waals surface area contributed by atoms with E-state index in [1.54, 1.807) is 24.5 Å². The lowest BCUT2D eigenvalue weighted by Gasteiger charge is -2.11. The predicted octanol–water partition coefficient (Wildman–Crippen LogP) is 3.02. The van der Waals surface area contributed by atoms with Gasteiger partial charge in [-0.2, -0.15) is 0 Å². The van der Waals surface area contributed by atoms with Gasteiger partial charge in [0.25, 0.3) is 0 Å². The molecule has 0 atom stereocenters. The third-order valence-corrected chi connectivity index (χ3v) is 3.17. The summed E-state index contributed by atoms with van der Waals surface area (Å²) in [5.41, 5.74) is 0.680. The number of aromatic nitrogens is 1. The minimum absolute atomic E-state index is 0. The number of hydrogen-bond donors (Lipinski definition) is 3. The molecular weight excluding hydrogens is 417 g/mol. The van der Waals surface area contributed by atoms with Gasteiger partial charge in [-0.3, -0.25) is 9.78 Å². The van der Waals surface area contributed by atoms with Crippen LogP contribution in [0.15, 0.2) is 29.5 Å². The number of carbonyl (C=O) groups excluding carboxylic acids is 1. The van der Waals surface area contributed by atoms with E-state index in [0.717, 1.165) is 25.4 Å². The van der Waals surface area contributed by atoms with E-state index in [1.807, 2.05) is 6.92 Å². The van der Waals surface area contributed by atoms with Crippen molar-refractivity contribution in [2.24, 2.45) is 10.9 Å². The molecule has 0 aliphatic carbocycles. The summed E-state index contributed by atoms with van der Waals surface area (Å²) in [6, 6.07) is 3.58. The number of guanidine groups is 1. The number of hydrogen-bond acceptors (Lipinski definition) is 3. The lowest BCUT2D eigenvalue weighted by Crippen LogP contribution is -2.38. The molecule has 1 rings (SSSR count). The summed E-state index contributed by atoms with van der Waals surface area (Å²) < 4.78 is 0. The Kier molecular flexibility index (Phi) is 13.2. The van der Waals surface area contributed by atoms with Crippen molar-refractivity contribution in [3.63, 3.8) is 0 Å². The molecule has 1 aromatic rings. The zero-order valence-corrected chi connectivity index (χ0v) is 17.2. The van der Waals surface area contributed by atoms with Gasteiger partial charge in [0.1, 0.15) is 6.54 Å². The van der Waals surface area contributed by atoms with Crippen molar-refractivity contribution in [3.8, 4) is 0 Å². The molecule has 1 aromatic heterocycles. The van der Waals surface area contributed by atoms with E-state index >= 15 is 0 Å². The number of carbonyl (C=O) groups is 1. The molecule has 3 N–H and O–H groups in total. The smallest absolute Gasteiger partial charge is 0.246 e. The number of nitrogens with one attached hydrogen (secondary N) is 3. The Balaban J connectivity index is 0.00000529. The van der Waals surface area contributed by atoms with Gasteiger partial charge in [-0.1, -0.05) is 26.7 Å². The highest BCUT2D eigenvalue weighted by Gasteiger charge is 2.03. The fourth-order valence-electron chi connectivity index (χ4n) is 2.01. The molecule has 136 valence electrons. The van der Waals surface area contributed by atoms with Crippen LogP contribution >= 0.6 is 24.0 Å². The summed E-state index contributed by atoms with van der Waals surface area (Å²) >= 11 is 0. The van der Waals surface area contributed by atoms with E-state index in [1.165, 1.54) is 12.8 Å². The maximum atomic E-state index is 11.9. The molecule has 0 aromatic carbocycles. The molecule has 0 unspecified atom stereocenters. The SMILES string of the molecule is CCNC(=NCC(=O)Nc1cccnc1)NCCCCC(C)C.I. The fourth-order valence-corrected chi connectivity index (χ4v) is 2.01. The van der Waals surface area contributed by atoms with Crippen molar-refractivity contribution in [3.05, 3.63) is 24.5 Å². The Labute approximate surface area is 162 Å². The van der Waals surface area contributed by atoms with Gasteiger partial charge in [0.2, 0.25) is 5.91 Å². The summed E-state index contributed by atoms with van der Waals surface area (Å²) in [5, 5.41) is 9.17. The van der Waals surface area contributed by atoms with Crippen molar-refractivity contribution in [1.29, 1.82) is 0 Å². The van der Waals surface area contributed by atoms with Gasteiger partial charge < -0.3 is 16.0 Å². The van der Waals surface area contributed by atoms with E-state index < -0.39 is 0 Å². The first-order chi connectivity index (χ1) is 11.1. The normalized spacial score (nSPS) is 10.9. The van der Waals surface area contributed by atoms with Crippen LogP contribution in [0.3, 0.4) is 0 Å².